The van der Waals surface area contributed by atoms with Gasteiger partial charge in [-0.05, 0) is 49.7 Å². The molecule has 2 rings (SSSR count). The summed E-state index contributed by atoms with van der Waals surface area (Å²) in [4.78, 5) is 14.3. The van der Waals surface area contributed by atoms with Crippen molar-refractivity contribution in [2.24, 2.45) is 0 Å². The lowest BCUT2D eigenvalue weighted by Gasteiger charge is -2.28. The van der Waals surface area contributed by atoms with E-state index in [0.717, 1.165) is 11.3 Å². The molecule has 1 amide bonds. The zero-order valence-corrected chi connectivity index (χ0v) is 13.0. The van der Waals surface area contributed by atoms with Gasteiger partial charge in [0, 0.05) is 12.1 Å². The van der Waals surface area contributed by atoms with Crippen LogP contribution in [0.25, 0.3) is 0 Å². The normalized spacial score (nSPS) is 11.8. The second-order valence-corrected chi connectivity index (χ2v) is 5.05. The standard InChI is InChI=1S/C18H20FNO2/c1-4-20(18(21)15-8-5-9-16(19)11-15)13(2)14-7-6-10-17(12-14)22-3/h5-13H,4H2,1-3H3. The summed E-state index contributed by atoms with van der Waals surface area (Å²) in [6.07, 6.45) is 0. The van der Waals surface area contributed by atoms with Crippen molar-refractivity contribution in [2.45, 2.75) is 19.9 Å². The largest absolute Gasteiger partial charge is 0.497 e. The number of nitrogens with zero attached hydrogens (tertiary/aromatic N) is 1. The Kier molecular flexibility index (Phi) is 5.15. The molecule has 0 saturated carbocycles. The van der Waals surface area contributed by atoms with Crippen LogP contribution in [0.2, 0.25) is 0 Å². The van der Waals surface area contributed by atoms with Crippen LogP contribution in [0.4, 0.5) is 4.39 Å². The van der Waals surface area contributed by atoms with E-state index in [4.69, 9.17) is 4.74 Å². The van der Waals surface area contributed by atoms with Gasteiger partial charge in [0.15, 0.2) is 0 Å². The molecule has 0 saturated heterocycles. The minimum Gasteiger partial charge on any atom is -0.497 e. The Morgan fingerprint density at radius 2 is 1.95 bits per heavy atom. The van der Waals surface area contributed by atoms with Gasteiger partial charge in [0.2, 0.25) is 0 Å². The smallest absolute Gasteiger partial charge is 0.254 e. The van der Waals surface area contributed by atoms with Crippen LogP contribution >= 0.6 is 0 Å². The summed E-state index contributed by atoms with van der Waals surface area (Å²) < 4.78 is 18.6. The first kappa shape index (κ1) is 16.0. The molecule has 0 N–H and O–H groups in total. The van der Waals surface area contributed by atoms with Crippen LogP contribution in [0.1, 0.15) is 35.8 Å². The zero-order chi connectivity index (χ0) is 16.1. The Balaban J connectivity index is 2.28. The molecule has 0 aliphatic rings. The first-order valence-electron chi connectivity index (χ1n) is 7.27. The fraction of sp³-hybridized carbons (Fsp3) is 0.278. The highest BCUT2D eigenvalue weighted by Gasteiger charge is 2.21. The van der Waals surface area contributed by atoms with Crippen molar-refractivity contribution in [3.05, 3.63) is 65.5 Å². The third-order valence-corrected chi connectivity index (χ3v) is 3.72. The summed E-state index contributed by atoms with van der Waals surface area (Å²) in [5, 5.41) is 0. The van der Waals surface area contributed by atoms with Crippen molar-refractivity contribution in [3.8, 4) is 5.75 Å². The number of hydrogen-bond acceptors (Lipinski definition) is 2. The van der Waals surface area contributed by atoms with Gasteiger partial charge in [-0.25, -0.2) is 4.39 Å². The predicted octanol–water partition coefficient (Wildman–Crippen LogP) is 4.06. The quantitative estimate of drug-likeness (QED) is 0.833. The number of amides is 1. The van der Waals surface area contributed by atoms with Gasteiger partial charge in [0.25, 0.3) is 5.91 Å². The zero-order valence-electron chi connectivity index (χ0n) is 13.0. The molecule has 0 spiro atoms. The van der Waals surface area contributed by atoms with Gasteiger partial charge >= 0.3 is 0 Å². The average Bonchev–Trinajstić information content (AvgIpc) is 2.55. The summed E-state index contributed by atoms with van der Waals surface area (Å²) >= 11 is 0. The molecular formula is C18H20FNO2. The van der Waals surface area contributed by atoms with Crippen LogP contribution in [-0.2, 0) is 0 Å². The van der Waals surface area contributed by atoms with E-state index in [1.54, 1.807) is 24.1 Å². The molecule has 116 valence electrons. The lowest BCUT2D eigenvalue weighted by Crippen LogP contribution is -2.33. The Hall–Kier alpha value is -2.36. The van der Waals surface area contributed by atoms with Gasteiger partial charge in [0.1, 0.15) is 11.6 Å². The van der Waals surface area contributed by atoms with Gasteiger partial charge in [-0.15, -0.1) is 0 Å². The second kappa shape index (κ2) is 7.07. The SMILES string of the molecule is CCN(C(=O)c1cccc(F)c1)C(C)c1cccc(OC)c1. The molecule has 3 nitrogen and oxygen atoms in total. The Morgan fingerprint density at radius 1 is 1.23 bits per heavy atom. The maximum atomic E-state index is 13.3. The fourth-order valence-corrected chi connectivity index (χ4v) is 2.46. The van der Waals surface area contributed by atoms with Crippen molar-refractivity contribution in [2.75, 3.05) is 13.7 Å². The van der Waals surface area contributed by atoms with Crippen molar-refractivity contribution in [1.29, 1.82) is 0 Å². The van der Waals surface area contributed by atoms with E-state index in [0.29, 0.717) is 12.1 Å². The topological polar surface area (TPSA) is 29.5 Å². The molecule has 0 aliphatic carbocycles. The van der Waals surface area contributed by atoms with E-state index in [2.05, 4.69) is 0 Å². The highest BCUT2D eigenvalue weighted by molar-refractivity contribution is 5.94. The van der Waals surface area contributed by atoms with Gasteiger partial charge in [-0.2, -0.15) is 0 Å². The molecule has 0 radical (unpaired) electrons. The number of ether oxygens (including phenoxy) is 1. The van der Waals surface area contributed by atoms with Crippen LogP contribution in [0.3, 0.4) is 0 Å². The number of rotatable bonds is 5. The maximum absolute atomic E-state index is 13.3. The molecular weight excluding hydrogens is 281 g/mol. The predicted molar refractivity (Wildman–Crippen MR) is 84.5 cm³/mol. The Morgan fingerprint density at radius 3 is 2.59 bits per heavy atom. The van der Waals surface area contributed by atoms with E-state index in [1.165, 1.54) is 12.1 Å². The number of halogens is 1. The van der Waals surface area contributed by atoms with Crippen LogP contribution in [0.5, 0.6) is 5.75 Å². The minimum absolute atomic E-state index is 0.129. The highest BCUT2D eigenvalue weighted by Crippen LogP contribution is 2.25. The van der Waals surface area contributed by atoms with Gasteiger partial charge in [-0.3, -0.25) is 4.79 Å². The second-order valence-electron chi connectivity index (χ2n) is 5.05. The first-order valence-corrected chi connectivity index (χ1v) is 7.27. The van der Waals surface area contributed by atoms with Crippen molar-refractivity contribution < 1.29 is 13.9 Å². The summed E-state index contributed by atoms with van der Waals surface area (Å²) in [5.41, 5.74) is 1.34. The van der Waals surface area contributed by atoms with Crippen molar-refractivity contribution in [3.63, 3.8) is 0 Å². The molecule has 2 aromatic rings. The van der Waals surface area contributed by atoms with E-state index >= 15 is 0 Å². The third kappa shape index (κ3) is 3.45. The number of carbonyl (C=O) groups excluding carboxylic acids is 1. The Labute approximate surface area is 130 Å². The molecule has 1 unspecified atom stereocenters. The van der Waals surface area contributed by atoms with Gasteiger partial charge < -0.3 is 9.64 Å². The van der Waals surface area contributed by atoms with Crippen LogP contribution in [0.15, 0.2) is 48.5 Å². The number of carbonyl (C=O) groups is 1. The summed E-state index contributed by atoms with van der Waals surface area (Å²) in [7, 11) is 1.61. The van der Waals surface area contributed by atoms with E-state index in [9.17, 15) is 9.18 Å². The minimum atomic E-state index is -0.407. The van der Waals surface area contributed by atoms with Gasteiger partial charge in [0.05, 0.1) is 13.2 Å². The van der Waals surface area contributed by atoms with Crippen LogP contribution in [-0.4, -0.2) is 24.5 Å². The van der Waals surface area contributed by atoms with E-state index in [1.807, 2.05) is 38.1 Å². The molecule has 0 fully saturated rings. The monoisotopic (exact) mass is 301 g/mol. The number of methoxy groups -OCH3 is 1. The molecule has 2 aromatic carbocycles. The van der Waals surface area contributed by atoms with E-state index in [-0.39, 0.29) is 11.9 Å². The Bertz CT molecular complexity index is 657. The summed E-state index contributed by atoms with van der Waals surface area (Å²) in [6, 6.07) is 13.3. The number of hydrogen-bond donors (Lipinski definition) is 0. The molecule has 0 bridgehead atoms. The average molecular weight is 301 g/mol. The van der Waals surface area contributed by atoms with Crippen molar-refractivity contribution >= 4 is 5.91 Å². The first-order chi connectivity index (χ1) is 10.6. The highest BCUT2D eigenvalue weighted by atomic mass is 19.1. The molecule has 0 aliphatic heterocycles. The maximum Gasteiger partial charge on any atom is 0.254 e. The van der Waals surface area contributed by atoms with Crippen LogP contribution < -0.4 is 4.74 Å². The molecule has 4 heteroatoms. The third-order valence-electron chi connectivity index (χ3n) is 3.72. The molecule has 22 heavy (non-hydrogen) atoms. The molecule has 0 aromatic heterocycles. The lowest BCUT2D eigenvalue weighted by molar-refractivity contribution is 0.0701. The molecule has 1 atom stereocenters. The van der Waals surface area contributed by atoms with Crippen molar-refractivity contribution in [1.82, 2.24) is 4.90 Å². The van der Waals surface area contributed by atoms with E-state index < -0.39 is 5.82 Å². The number of benzene rings is 2. The fourth-order valence-electron chi connectivity index (χ4n) is 2.46. The lowest BCUT2D eigenvalue weighted by atomic mass is 10.0. The van der Waals surface area contributed by atoms with Crippen LogP contribution in [0, 0.1) is 5.82 Å². The summed E-state index contributed by atoms with van der Waals surface area (Å²) in [5.74, 6) is 0.159. The summed E-state index contributed by atoms with van der Waals surface area (Å²) in [6.45, 7) is 4.40. The van der Waals surface area contributed by atoms with Gasteiger partial charge in [-0.1, -0.05) is 18.2 Å². The molecule has 0 heterocycles.